The molecule has 1 fully saturated rings. The Labute approximate surface area is 202 Å². The maximum absolute atomic E-state index is 13.1. The molecule has 0 radical (unpaired) electrons. The first-order valence-corrected chi connectivity index (χ1v) is 12.4. The van der Waals surface area contributed by atoms with Crippen molar-refractivity contribution in [3.05, 3.63) is 77.9 Å². The topological polar surface area (TPSA) is 110 Å². The average Bonchev–Trinajstić information content (AvgIpc) is 2.90. The monoisotopic (exact) mass is 496 g/mol. The number of hydrogen-bond acceptors (Lipinski definition) is 7. The predicted molar refractivity (Wildman–Crippen MR) is 127 cm³/mol. The Balaban J connectivity index is 1.31. The molecule has 0 saturated carbocycles. The molecule has 0 unspecified atom stereocenters. The maximum atomic E-state index is 13.1. The molecule has 0 N–H and O–H groups in total. The number of fused-ring (bicyclic) bond motifs is 1. The number of amides is 1. The normalized spacial score (nSPS) is 14.5. The van der Waals surface area contributed by atoms with Crippen LogP contribution >= 0.6 is 0 Å². The van der Waals surface area contributed by atoms with Gasteiger partial charge in [0.1, 0.15) is 0 Å². The van der Waals surface area contributed by atoms with Crippen LogP contribution in [0.5, 0.6) is 0 Å². The van der Waals surface area contributed by atoms with Crippen LogP contribution in [0.25, 0.3) is 10.8 Å². The van der Waals surface area contributed by atoms with Crippen molar-refractivity contribution in [3.8, 4) is 0 Å². The highest BCUT2D eigenvalue weighted by atomic mass is 32.2. The Kier molecular flexibility index (Phi) is 7.13. The zero-order valence-corrected chi connectivity index (χ0v) is 19.9. The van der Waals surface area contributed by atoms with Gasteiger partial charge in [-0.3, -0.25) is 4.79 Å². The first kappa shape index (κ1) is 24.4. The van der Waals surface area contributed by atoms with Gasteiger partial charge < -0.3 is 14.4 Å². The summed E-state index contributed by atoms with van der Waals surface area (Å²) in [5, 5.41) is 1.79. The maximum Gasteiger partial charge on any atom is 0.338 e. The van der Waals surface area contributed by atoms with Gasteiger partial charge in [0.05, 0.1) is 23.1 Å². The largest absolute Gasteiger partial charge is 0.465 e. The highest BCUT2D eigenvalue weighted by molar-refractivity contribution is 7.89. The summed E-state index contributed by atoms with van der Waals surface area (Å²) in [6, 6.07) is 18.2. The van der Waals surface area contributed by atoms with Gasteiger partial charge in [-0.25, -0.2) is 18.0 Å². The molecule has 182 valence electrons. The Morgan fingerprint density at radius 2 is 1.40 bits per heavy atom. The van der Waals surface area contributed by atoms with Crippen molar-refractivity contribution in [2.24, 2.45) is 0 Å². The van der Waals surface area contributed by atoms with Crippen molar-refractivity contribution in [1.29, 1.82) is 0 Å². The molecule has 0 bridgehead atoms. The Bertz CT molecular complexity index is 1360. The molecule has 0 aromatic heterocycles. The third kappa shape index (κ3) is 5.33. The van der Waals surface area contributed by atoms with Crippen molar-refractivity contribution in [2.75, 3.05) is 39.9 Å². The fourth-order valence-corrected chi connectivity index (χ4v) is 5.28. The Morgan fingerprint density at radius 1 is 0.800 bits per heavy atom. The Morgan fingerprint density at radius 3 is 2.03 bits per heavy atom. The molecular weight excluding hydrogens is 472 g/mol. The number of carbonyl (C=O) groups is 3. The minimum atomic E-state index is -3.70. The lowest BCUT2D eigenvalue weighted by Gasteiger charge is -2.33. The second kappa shape index (κ2) is 10.2. The van der Waals surface area contributed by atoms with E-state index in [9.17, 15) is 22.8 Å². The number of hydrogen-bond donors (Lipinski definition) is 0. The average molecular weight is 497 g/mol. The van der Waals surface area contributed by atoms with E-state index in [-0.39, 0.29) is 42.2 Å². The standard InChI is InChI=1S/C25H24N2O7S/c1-33-24(29)19-6-8-20(9-7-19)25(30)34-17-23(28)26-12-14-27(15-13-26)35(31,32)22-11-10-18-4-2-3-5-21(18)16-22/h2-11,16H,12-15,17H2,1H3. The third-order valence-electron chi connectivity index (χ3n) is 5.82. The van der Waals surface area contributed by atoms with E-state index in [0.29, 0.717) is 0 Å². The molecule has 1 aliphatic rings. The zero-order valence-electron chi connectivity index (χ0n) is 19.0. The van der Waals surface area contributed by atoms with E-state index >= 15 is 0 Å². The van der Waals surface area contributed by atoms with Gasteiger partial charge >= 0.3 is 11.9 Å². The lowest BCUT2D eigenvalue weighted by molar-refractivity contribution is -0.135. The molecule has 3 aromatic rings. The molecule has 3 aromatic carbocycles. The van der Waals surface area contributed by atoms with E-state index < -0.39 is 34.5 Å². The minimum Gasteiger partial charge on any atom is -0.465 e. The summed E-state index contributed by atoms with van der Waals surface area (Å²) in [4.78, 5) is 37.9. The summed E-state index contributed by atoms with van der Waals surface area (Å²) in [6.45, 7) is 0.205. The molecular formula is C25H24N2O7S. The van der Waals surface area contributed by atoms with Gasteiger partial charge in [0.15, 0.2) is 6.61 Å². The van der Waals surface area contributed by atoms with E-state index in [1.807, 2.05) is 24.3 Å². The third-order valence-corrected chi connectivity index (χ3v) is 7.71. The molecule has 9 nitrogen and oxygen atoms in total. The quantitative estimate of drug-likeness (QED) is 0.482. The number of piperazine rings is 1. The van der Waals surface area contributed by atoms with Crippen LogP contribution in [0, 0.1) is 0 Å². The van der Waals surface area contributed by atoms with Crippen molar-refractivity contribution in [3.63, 3.8) is 0 Å². The molecule has 0 spiro atoms. The van der Waals surface area contributed by atoms with Gasteiger partial charge in [-0.1, -0.05) is 30.3 Å². The number of rotatable bonds is 6. The summed E-state index contributed by atoms with van der Waals surface area (Å²) in [5.74, 6) is -1.64. The van der Waals surface area contributed by atoms with E-state index in [1.165, 1.54) is 40.6 Å². The van der Waals surface area contributed by atoms with Crippen molar-refractivity contribution >= 4 is 38.6 Å². The SMILES string of the molecule is COC(=O)c1ccc(C(=O)OCC(=O)N2CCN(S(=O)(=O)c3ccc4ccccc4c3)CC2)cc1. The molecule has 1 amide bonds. The predicted octanol–water partition coefficient (Wildman–Crippen LogP) is 2.32. The molecule has 35 heavy (non-hydrogen) atoms. The van der Waals surface area contributed by atoms with Gasteiger partial charge in [0, 0.05) is 26.2 Å². The summed E-state index contributed by atoms with van der Waals surface area (Å²) < 4.78 is 37.2. The number of benzene rings is 3. The molecule has 4 rings (SSSR count). The van der Waals surface area contributed by atoms with Gasteiger partial charge in [-0.05, 0) is 47.2 Å². The van der Waals surface area contributed by atoms with Crippen LogP contribution in [-0.4, -0.2) is 75.4 Å². The van der Waals surface area contributed by atoms with E-state index in [0.717, 1.165) is 10.8 Å². The van der Waals surface area contributed by atoms with Crippen LogP contribution in [0.3, 0.4) is 0 Å². The Hall–Kier alpha value is -3.76. The zero-order chi connectivity index (χ0) is 25.0. The second-order valence-electron chi connectivity index (χ2n) is 7.94. The minimum absolute atomic E-state index is 0.143. The van der Waals surface area contributed by atoms with Gasteiger partial charge in [-0.2, -0.15) is 4.31 Å². The van der Waals surface area contributed by atoms with Crippen LogP contribution in [0.2, 0.25) is 0 Å². The second-order valence-corrected chi connectivity index (χ2v) is 9.88. The lowest BCUT2D eigenvalue weighted by Crippen LogP contribution is -2.51. The van der Waals surface area contributed by atoms with Crippen LogP contribution < -0.4 is 0 Å². The molecule has 0 atom stereocenters. The lowest BCUT2D eigenvalue weighted by atomic mass is 10.1. The molecule has 1 aliphatic heterocycles. The fourth-order valence-electron chi connectivity index (χ4n) is 3.82. The molecule has 1 saturated heterocycles. The first-order chi connectivity index (χ1) is 16.8. The number of esters is 2. The first-order valence-electron chi connectivity index (χ1n) is 10.9. The number of methoxy groups -OCH3 is 1. The van der Waals surface area contributed by atoms with Gasteiger partial charge in [-0.15, -0.1) is 0 Å². The van der Waals surface area contributed by atoms with E-state index in [4.69, 9.17) is 4.74 Å². The summed E-state index contributed by atoms with van der Waals surface area (Å²) in [5.41, 5.74) is 0.480. The summed E-state index contributed by atoms with van der Waals surface area (Å²) in [6.07, 6.45) is 0. The number of carbonyl (C=O) groups excluding carboxylic acids is 3. The van der Waals surface area contributed by atoms with E-state index in [2.05, 4.69) is 4.74 Å². The van der Waals surface area contributed by atoms with Crippen LogP contribution in [0.1, 0.15) is 20.7 Å². The highest BCUT2D eigenvalue weighted by Gasteiger charge is 2.30. The van der Waals surface area contributed by atoms with Gasteiger partial charge in [0.2, 0.25) is 10.0 Å². The highest BCUT2D eigenvalue weighted by Crippen LogP contribution is 2.23. The van der Waals surface area contributed by atoms with Gasteiger partial charge in [0.25, 0.3) is 5.91 Å². The molecule has 1 heterocycles. The fraction of sp³-hybridized carbons (Fsp3) is 0.240. The van der Waals surface area contributed by atoms with Crippen molar-refractivity contribution < 1.29 is 32.3 Å². The summed E-state index contributed by atoms with van der Waals surface area (Å²) >= 11 is 0. The smallest absolute Gasteiger partial charge is 0.338 e. The number of sulfonamides is 1. The van der Waals surface area contributed by atoms with Crippen LogP contribution in [0.4, 0.5) is 0 Å². The summed E-state index contributed by atoms with van der Waals surface area (Å²) in [7, 11) is -2.44. The number of ether oxygens (including phenoxy) is 2. The van der Waals surface area contributed by atoms with Crippen molar-refractivity contribution in [2.45, 2.75) is 4.90 Å². The molecule has 0 aliphatic carbocycles. The molecule has 10 heteroatoms. The van der Waals surface area contributed by atoms with Crippen LogP contribution in [-0.2, 0) is 24.3 Å². The van der Waals surface area contributed by atoms with E-state index in [1.54, 1.807) is 18.2 Å². The van der Waals surface area contributed by atoms with Crippen molar-refractivity contribution in [1.82, 2.24) is 9.21 Å². The van der Waals surface area contributed by atoms with Crippen LogP contribution in [0.15, 0.2) is 71.6 Å². The number of nitrogens with zero attached hydrogens (tertiary/aromatic N) is 2.